The largest absolute Gasteiger partial charge is 0.378 e. The molecule has 172 valence electrons. The van der Waals surface area contributed by atoms with E-state index in [9.17, 15) is 13.2 Å². The summed E-state index contributed by atoms with van der Waals surface area (Å²) in [6.07, 6.45) is 0. The second-order valence-electron chi connectivity index (χ2n) is 8.06. The van der Waals surface area contributed by atoms with Crippen LogP contribution in [0.15, 0.2) is 71.6 Å². The van der Waals surface area contributed by atoms with Gasteiger partial charge in [0.15, 0.2) is 0 Å². The van der Waals surface area contributed by atoms with Gasteiger partial charge in [0.25, 0.3) is 15.9 Å². The molecule has 0 atom stereocenters. The lowest BCUT2D eigenvalue weighted by molar-refractivity contribution is 0.102. The highest BCUT2D eigenvalue weighted by molar-refractivity contribution is 7.92. The van der Waals surface area contributed by atoms with Crippen LogP contribution >= 0.6 is 0 Å². The second-order valence-corrected chi connectivity index (χ2v) is 9.74. The zero-order chi connectivity index (χ0) is 23.4. The van der Waals surface area contributed by atoms with Gasteiger partial charge in [0, 0.05) is 35.7 Å². The minimum absolute atomic E-state index is 0.0295. The molecule has 7 nitrogen and oxygen atoms in total. The fourth-order valence-corrected chi connectivity index (χ4v) is 4.81. The van der Waals surface area contributed by atoms with Gasteiger partial charge in [-0.25, -0.2) is 8.42 Å². The zero-order valence-electron chi connectivity index (χ0n) is 18.7. The number of nitrogens with one attached hydrogen (secondary N) is 2. The Balaban J connectivity index is 1.54. The minimum atomic E-state index is -3.85. The number of hydrogen-bond acceptors (Lipinski definition) is 5. The van der Waals surface area contributed by atoms with Gasteiger partial charge in [-0.05, 0) is 67.4 Å². The Hall–Kier alpha value is -3.36. The van der Waals surface area contributed by atoms with E-state index in [2.05, 4.69) is 14.9 Å². The predicted octanol–water partition coefficient (Wildman–Crippen LogP) is 4.19. The number of sulfonamides is 1. The maximum absolute atomic E-state index is 13.0. The van der Waals surface area contributed by atoms with Crippen LogP contribution < -0.4 is 14.9 Å². The van der Waals surface area contributed by atoms with Crippen molar-refractivity contribution in [2.24, 2.45) is 0 Å². The number of carbonyl (C=O) groups is 1. The number of rotatable bonds is 6. The molecule has 1 aliphatic rings. The van der Waals surface area contributed by atoms with Crippen molar-refractivity contribution in [3.05, 3.63) is 83.4 Å². The van der Waals surface area contributed by atoms with Gasteiger partial charge in [0.05, 0.1) is 18.1 Å². The monoisotopic (exact) mass is 465 g/mol. The molecule has 0 saturated carbocycles. The molecule has 1 saturated heterocycles. The van der Waals surface area contributed by atoms with E-state index >= 15 is 0 Å². The van der Waals surface area contributed by atoms with Gasteiger partial charge < -0.3 is 15.0 Å². The first-order valence-corrected chi connectivity index (χ1v) is 12.2. The lowest BCUT2D eigenvalue weighted by Crippen LogP contribution is -2.36. The lowest BCUT2D eigenvalue weighted by atomic mass is 10.1. The fraction of sp³-hybridized carbons (Fsp3) is 0.240. The van der Waals surface area contributed by atoms with E-state index in [4.69, 9.17) is 4.74 Å². The number of ether oxygens (including phenoxy) is 1. The molecular weight excluding hydrogens is 438 g/mol. The maximum atomic E-state index is 13.0. The SMILES string of the molecule is Cc1cccc(NS(=O)(=O)c2ccc(C)c(C(=O)Nc3cccc(N4CCOCC4)c3)c2)c1. The number of carbonyl (C=O) groups excluding carboxylic acids is 1. The smallest absolute Gasteiger partial charge is 0.261 e. The van der Waals surface area contributed by atoms with E-state index in [1.54, 1.807) is 31.2 Å². The summed E-state index contributed by atoms with van der Waals surface area (Å²) in [5.41, 5.74) is 4.06. The predicted molar refractivity (Wildman–Crippen MR) is 131 cm³/mol. The number of nitrogens with zero attached hydrogens (tertiary/aromatic N) is 1. The molecular formula is C25H27N3O4S. The Morgan fingerprint density at radius 2 is 1.64 bits per heavy atom. The number of hydrogen-bond donors (Lipinski definition) is 2. The molecule has 0 spiro atoms. The average Bonchev–Trinajstić information content (AvgIpc) is 2.79. The molecule has 0 bridgehead atoms. The van der Waals surface area contributed by atoms with E-state index in [1.165, 1.54) is 12.1 Å². The van der Waals surface area contributed by atoms with E-state index in [-0.39, 0.29) is 10.8 Å². The molecule has 1 fully saturated rings. The quantitative estimate of drug-likeness (QED) is 0.570. The average molecular weight is 466 g/mol. The van der Waals surface area contributed by atoms with E-state index in [0.717, 1.165) is 24.3 Å². The summed E-state index contributed by atoms with van der Waals surface area (Å²) in [6, 6.07) is 19.3. The molecule has 1 aliphatic heterocycles. The first kappa shape index (κ1) is 22.8. The normalized spacial score (nSPS) is 14.1. The number of benzene rings is 3. The van der Waals surface area contributed by atoms with Gasteiger partial charge in [-0.2, -0.15) is 0 Å². The van der Waals surface area contributed by atoms with E-state index in [1.807, 2.05) is 37.3 Å². The Morgan fingerprint density at radius 1 is 0.909 bits per heavy atom. The maximum Gasteiger partial charge on any atom is 0.261 e. The van der Waals surface area contributed by atoms with Crippen molar-refractivity contribution in [1.29, 1.82) is 0 Å². The lowest BCUT2D eigenvalue weighted by Gasteiger charge is -2.29. The highest BCUT2D eigenvalue weighted by Gasteiger charge is 2.19. The van der Waals surface area contributed by atoms with Crippen LogP contribution in [0.25, 0.3) is 0 Å². The molecule has 8 heteroatoms. The van der Waals surface area contributed by atoms with Crippen LogP contribution in [0, 0.1) is 13.8 Å². The Morgan fingerprint density at radius 3 is 2.39 bits per heavy atom. The third-order valence-corrected chi connectivity index (χ3v) is 6.89. The van der Waals surface area contributed by atoms with Crippen LogP contribution in [0.2, 0.25) is 0 Å². The molecule has 0 aromatic heterocycles. The van der Waals surface area contributed by atoms with Crippen molar-refractivity contribution in [2.75, 3.05) is 41.2 Å². The minimum Gasteiger partial charge on any atom is -0.378 e. The number of amides is 1. The van der Waals surface area contributed by atoms with Crippen LogP contribution in [0.1, 0.15) is 21.5 Å². The molecule has 3 aromatic rings. The molecule has 0 radical (unpaired) electrons. The van der Waals surface area contributed by atoms with Gasteiger partial charge in [-0.15, -0.1) is 0 Å². The third kappa shape index (κ3) is 5.53. The summed E-state index contributed by atoms with van der Waals surface area (Å²) >= 11 is 0. The molecule has 1 heterocycles. The number of morpholine rings is 1. The van der Waals surface area contributed by atoms with E-state index < -0.39 is 10.0 Å². The van der Waals surface area contributed by atoms with Crippen molar-refractivity contribution in [3.8, 4) is 0 Å². The third-order valence-electron chi connectivity index (χ3n) is 5.51. The molecule has 2 N–H and O–H groups in total. The van der Waals surface area contributed by atoms with Gasteiger partial charge in [-0.1, -0.05) is 24.3 Å². The molecule has 33 heavy (non-hydrogen) atoms. The topological polar surface area (TPSA) is 87.7 Å². The molecule has 0 unspecified atom stereocenters. The number of aryl methyl sites for hydroxylation is 2. The van der Waals surface area contributed by atoms with Gasteiger partial charge in [0.1, 0.15) is 0 Å². The molecule has 0 aliphatic carbocycles. The number of anilines is 3. The zero-order valence-corrected chi connectivity index (χ0v) is 19.5. The summed E-state index contributed by atoms with van der Waals surface area (Å²) < 4.78 is 33.8. The summed E-state index contributed by atoms with van der Waals surface area (Å²) in [4.78, 5) is 15.3. The Kier molecular flexibility index (Phi) is 6.67. The highest BCUT2D eigenvalue weighted by atomic mass is 32.2. The summed E-state index contributed by atoms with van der Waals surface area (Å²) in [7, 11) is -3.85. The standard InChI is InChI=1S/C25H27N3O4S/c1-18-5-3-7-21(15-18)27-33(30,31)23-10-9-19(2)24(17-23)25(29)26-20-6-4-8-22(16-20)28-11-13-32-14-12-28/h3-10,15-17,27H,11-14H2,1-2H3,(H,26,29). The summed E-state index contributed by atoms with van der Waals surface area (Å²) in [5.74, 6) is -0.362. The van der Waals surface area contributed by atoms with Gasteiger partial charge in [0.2, 0.25) is 0 Å². The van der Waals surface area contributed by atoms with Crippen LogP contribution in [0.4, 0.5) is 17.1 Å². The van der Waals surface area contributed by atoms with Crippen molar-refractivity contribution in [2.45, 2.75) is 18.7 Å². The van der Waals surface area contributed by atoms with Crippen molar-refractivity contribution in [3.63, 3.8) is 0 Å². The Labute approximate surface area is 194 Å². The molecule has 4 rings (SSSR count). The van der Waals surface area contributed by atoms with Crippen LogP contribution in [0.5, 0.6) is 0 Å². The second kappa shape index (κ2) is 9.64. The van der Waals surface area contributed by atoms with Crippen molar-refractivity contribution < 1.29 is 17.9 Å². The van der Waals surface area contributed by atoms with Crippen LogP contribution in [-0.2, 0) is 14.8 Å². The first-order chi connectivity index (χ1) is 15.8. The molecule has 3 aromatic carbocycles. The van der Waals surface area contributed by atoms with Crippen molar-refractivity contribution >= 4 is 33.0 Å². The van der Waals surface area contributed by atoms with E-state index in [0.29, 0.717) is 35.7 Å². The first-order valence-electron chi connectivity index (χ1n) is 10.8. The van der Waals surface area contributed by atoms with Gasteiger partial charge in [-0.3, -0.25) is 9.52 Å². The highest BCUT2D eigenvalue weighted by Crippen LogP contribution is 2.23. The summed E-state index contributed by atoms with van der Waals surface area (Å²) in [5, 5.41) is 2.90. The molecule has 1 amide bonds. The van der Waals surface area contributed by atoms with Crippen LogP contribution in [0.3, 0.4) is 0 Å². The van der Waals surface area contributed by atoms with Crippen LogP contribution in [-0.4, -0.2) is 40.6 Å². The van der Waals surface area contributed by atoms with Gasteiger partial charge >= 0.3 is 0 Å². The fourth-order valence-electron chi connectivity index (χ4n) is 3.74. The Bertz CT molecular complexity index is 1270. The van der Waals surface area contributed by atoms with Crippen molar-refractivity contribution in [1.82, 2.24) is 0 Å². The summed E-state index contributed by atoms with van der Waals surface area (Å²) in [6.45, 7) is 6.61.